The molecular weight excluding hydrogens is 258 g/mol. The lowest BCUT2D eigenvalue weighted by Crippen LogP contribution is -2.08. The summed E-state index contributed by atoms with van der Waals surface area (Å²) in [7, 11) is 0. The molecule has 2 aromatic rings. The minimum atomic E-state index is 1.05. The fourth-order valence-electron chi connectivity index (χ4n) is 3.09. The fraction of sp³-hybridized carbons (Fsp3) is 0.500. The number of nitrogens with one attached hydrogen (secondary N) is 1. The van der Waals surface area contributed by atoms with Crippen LogP contribution in [0.3, 0.4) is 0 Å². The van der Waals surface area contributed by atoms with Crippen molar-refractivity contribution in [2.75, 3.05) is 11.9 Å². The molecule has 2 heterocycles. The number of para-hydroxylation sites is 1. The van der Waals surface area contributed by atoms with E-state index in [4.69, 9.17) is 5.10 Å². The van der Waals surface area contributed by atoms with Gasteiger partial charge in [-0.05, 0) is 50.7 Å². The number of rotatable bonds is 4. The molecule has 112 valence electrons. The third-order valence-corrected chi connectivity index (χ3v) is 4.32. The second-order valence-electron chi connectivity index (χ2n) is 5.96. The first-order chi connectivity index (χ1) is 10.3. The van der Waals surface area contributed by atoms with Crippen molar-refractivity contribution < 1.29 is 0 Å². The molecule has 0 saturated heterocycles. The zero-order chi connectivity index (χ0) is 14.7. The normalized spacial score (nSPS) is 14.4. The highest BCUT2D eigenvalue weighted by Crippen LogP contribution is 2.29. The molecule has 1 aromatic heterocycles. The molecule has 1 aromatic carbocycles. The number of fused-ring (bicyclic) bond motifs is 1. The first-order valence-corrected chi connectivity index (χ1v) is 8.22. The highest BCUT2D eigenvalue weighted by molar-refractivity contribution is 5.56. The molecule has 1 aliphatic rings. The summed E-state index contributed by atoms with van der Waals surface area (Å²) in [5.74, 6) is 1.23. The van der Waals surface area contributed by atoms with E-state index in [0.29, 0.717) is 0 Å². The highest BCUT2D eigenvalue weighted by Gasteiger charge is 2.20. The molecule has 0 spiro atoms. The molecule has 3 nitrogen and oxygen atoms in total. The third-order valence-electron chi connectivity index (χ3n) is 4.32. The van der Waals surface area contributed by atoms with Gasteiger partial charge in [0.05, 0.1) is 11.4 Å². The van der Waals surface area contributed by atoms with Gasteiger partial charge in [-0.2, -0.15) is 5.10 Å². The van der Waals surface area contributed by atoms with Crippen molar-refractivity contribution in [3.05, 3.63) is 41.1 Å². The van der Waals surface area contributed by atoms with Crippen molar-refractivity contribution in [3.8, 4) is 5.69 Å². The van der Waals surface area contributed by atoms with Gasteiger partial charge in [0.2, 0.25) is 0 Å². The van der Waals surface area contributed by atoms with Gasteiger partial charge < -0.3 is 5.32 Å². The van der Waals surface area contributed by atoms with E-state index in [1.165, 1.54) is 54.0 Å². The SMILES string of the molecule is CCCCc1nn(-c2ccccc2C)c2c1CCCCN2. The summed E-state index contributed by atoms with van der Waals surface area (Å²) in [6, 6.07) is 8.51. The summed E-state index contributed by atoms with van der Waals surface area (Å²) in [6.45, 7) is 5.46. The number of nitrogens with zero attached hydrogens (tertiary/aromatic N) is 2. The van der Waals surface area contributed by atoms with Crippen LogP contribution in [0.25, 0.3) is 5.69 Å². The molecule has 21 heavy (non-hydrogen) atoms. The maximum atomic E-state index is 4.96. The van der Waals surface area contributed by atoms with Gasteiger partial charge >= 0.3 is 0 Å². The van der Waals surface area contributed by atoms with E-state index in [9.17, 15) is 0 Å². The minimum absolute atomic E-state index is 1.05. The van der Waals surface area contributed by atoms with Crippen molar-refractivity contribution in [2.24, 2.45) is 0 Å². The maximum Gasteiger partial charge on any atom is 0.133 e. The molecule has 0 atom stereocenters. The summed E-state index contributed by atoms with van der Waals surface area (Å²) in [5, 5.41) is 8.57. The summed E-state index contributed by atoms with van der Waals surface area (Å²) in [5.41, 5.74) is 5.22. The molecule has 1 aliphatic heterocycles. The summed E-state index contributed by atoms with van der Waals surface area (Å²) < 4.78 is 2.14. The molecule has 0 bridgehead atoms. The van der Waals surface area contributed by atoms with Crippen LogP contribution < -0.4 is 5.32 Å². The van der Waals surface area contributed by atoms with E-state index < -0.39 is 0 Å². The van der Waals surface area contributed by atoms with Gasteiger partial charge in [0, 0.05) is 12.1 Å². The standard InChI is InChI=1S/C18H25N3/c1-3-4-11-16-15-10-7-8-13-19-18(15)21(20-16)17-12-6-5-9-14(17)2/h5-6,9,12,19H,3-4,7-8,10-11,13H2,1-2H3. The molecular formula is C18H25N3. The van der Waals surface area contributed by atoms with Crippen molar-refractivity contribution in [2.45, 2.75) is 52.4 Å². The summed E-state index contributed by atoms with van der Waals surface area (Å²) >= 11 is 0. The summed E-state index contributed by atoms with van der Waals surface area (Å²) in [6.07, 6.45) is 7.21. The van der Waals surface area contributed by atoms with Crippen LogP contribution >= 0.6 is 0 Å². The molecule has 3 rings (SSSR count). The molecule has 0 fully saturated rings. The lowest BCUT2D eigenvalue weighted by Gasteiger charge is -2.11. The number of benzene rings is 1. The average Bonchev–Trinajstić information content (AvgIpc) is 2.68. The average molecular weight is 283 g/mol. The number of aromatic nitrogens is 2. The van der Waals surface area contributed by atoms with Gasteiger partial charge in [-0.25, -0.2) is 4.68 Å². The monoisotopic (exact) mass is 283 g/mol. The van der Waals surface area contributed by atoms with E-state index in [1.807, 2.05) is 0 Å². The van der Waals surface area contributed by atoms with E-state index in [0.717, 1.165) is 19.4 Å². The minimum Gasteiger partial charge on any atom is -0.370 e. The quantitative estimate of drug-likeness (QED) is 0.908. The van der Waals surface area contributed by atoms with Gasteiger partial charge in [0.25, 0.3) is 0 Å². The summed E-state index contributed by atoms with van der Waals surface area (Å²) in [4.78, 5) is 0. The predicted octanol–water partition coefficient (Wildman–Crippen LogP) is 4.27. The Hall–Kier alpha value is -1.77. The third kappa shape index (κ3) is 2.82. The number of hydrogen-bond acceptors (Lipinski definition) is 2. The van der Waals surface area contributed by atoms with Crippen molar-refractivity contribution in [3.63, 3.8) is 0 Å². The van der Waals surface area contributed by atoms with Crippen molar-refractivity contribution >= 4 is 5.82 Å². The second kappa shape index (κ2) is 6.33. The molecule has 0 radical (unpaired) electrons. The Balaban J connectivity index is 2.08. The molecule has 0 amide bonds. The molecule has 3 heteroatoms. The Morgan fingerprint density at radius 2 is 2.10 bits per heavy atom. The molecule has 0 aliphatic carbocycles. The second-order valence-corrected chi connectivity index (χ2v) is 5.96. The van der Waals surface area contributed by atoms with Crippen LogP contribution in [-0.4, -0.2) is 16.3 Å². The highest BCUT2D eigenvalue weighted by atomic mass is 15.3. The maximum absolute atomic E-state index is 4.96. The Labute approximate surface area is 127 Å². The Bertz CT molecular complexity index is 613. The lowest BCUT2D eigenvalue weighted by atomic mass is 10.1. The first-order valence-electron chi connectivity index (χ1n) is 8.22. The largest absolute Gasteiger partial charge is 0.370 e. The Kier molecular flexibility index (Phi) is 4.28. The molecule has 0 saturated carbocycles. The van der Waals surface area contributed by atoms with Crippen molar-refractivity contribution in [1.82, 2.24) is 9.78 Å². The van der Waals surface area contributed by atoms with Crippen LogP contribution in [0.2, 0.25) is 0 Å². The first kappa shape index (κ1) is 14.2. The van der Waals surface area contributed by atoms with Gasteiger partial charge in [-0.1, -0.05) is 31.5 Å². The Morgan fingerprint density at radius 3 is 2.90 bits per heavy atom. The van der Waals surface area contributed by atoms with Gasteiger partial charge in [-0.3, -0.25) is 0 Å². The van der Waals surface area contributed by atoms with Gasteiger partial charge in [0.15, 0.2) is 0 Å². The zero-order valence-corrected chi connectivity index (χ0v) is 13.2. The van der Waals surface area contributed by atoms with Gasteiger partial charge in [0.1, 0.15) is 5.82 Å². The van der Waals surface area contributed by atoms with E-state index in [1.54, 1.807) is 0 Å². The van der Waals surface area contributed by atoms with Crippen LogP contribution in [0.5, 0.6) is 0 Å². The van der Waals surface area contributed by atoms with Crippen molar-refractivity contribution in [1.29, 1.82) is 0 Å². The fourth-order valence-corrected chi connectivity index (χ4v) is 3.09. The zero-order valence-electron chi connectivity index (χ0n) is 13.2. The topological polar surface area (TPSA) is 29.9 Å². The van der Waals surface area contributed by atoms with Crippen LogP contribution in [-0.2, 0) is 12.8 Å². The lowest BCUT2D eigenvalue weighted by molar-refractivity contribution is 0.727. The smallest absolute Gasteiger partial charge is 0.133 e. The molecule has 0 unspecified atom stereocenters. The van der Waals surface area contributed by atoms with Crippen LogP contribution in [0, 0.1) is 6.92 Å². The number of unbranched alkanes of at least 4 members (excludes halogenated alkanes) is 1. The van der Waals surface area contributed by atoms with E-state index in [-0.39, 0.29) is 0 Å². The van der Waals surface area contributed by atoms with Crippen LogP contribution in [0.4, 0.5) is 5.82 Å². The number of hydrogen-bond donors (Lipinski definition) is 1. The van der Waals surface area contributed by atoms with E-state index >= 15 is 0 Å². The Morgan fingerprint density at radius 1 is 1.24 bits per heavy atom. The molecule has 1 N–H and O–H groups in total. The van der Waals surface area contributed by atoms with Crippen LogP contribution in [0.1, 0.15) is 49.4 Å². The van der Waals surface area contributed by atoms with Crippen LogP contribution in [0.15, 0.2) is 24.3 Å². The predicted molar refractivity (Wildman–Crippen MR) is 88.3 cm³/mol. The number of aryl methyl sites for hydroxylation is 2. The number of anilines is 1. The van der Waals surface area contributed by atoms with Gasteiger partial charge in [-0.15, -0.1) is 0 Å². The van der Waals surface area contributed by atoms with E-state index in [2.05, 4.69) is 48.1 Å².